The maximum atomic E-state index is 6.35. The minimum Gasteiger partial charge on any atom is -0.378 e. The molecule has 1 aromatic carbocycles. The summed E-state index contributed by atoms with van der Waals surface area (Å²) in [6, 6.07) is 10.4. The van der Waals surface area contributed by atoms with Gasteiger partial charge in [0.25, 0.3) is 0 Å². The summed E-state index contributed by atoms with van der Waals surface area (Å²) in [5, 5.41) is 8.14. The molecule has 3 heterocycles. The molecule has 3 fully saturated rings. The Labute approximate surface area is 218 Å². The van der Waals surface area contributed by atoms with Crippen molar-refractivity contribution in [3.8, 4) is 0 Å². The Bertz CT molecular complexity index is 1020. The lowest BCUT2D eigenvalue weighted by Crippen LogP contribution is -2.43. The van der Waals surface area contributed by atoms with E-state index in [4.69, 9.17) is 38.5 Å². The van der Waals surface area contributed by atoms with Crippen LogP contribution in [0.2, 0.25) is 5.02 Å². The fraction of sp³-hybridized carbons (Fsp3) is 0.577. The van der Waals surface area contributed by atoms with Crippen LogP contribution in [0.3, 0.4) is 0 Å². The molecule has 1 saturated carbocycles. The molecule has 0 spiro atoms. The van der Waals surface area contributed by atoms with Crippen molar-refractivity contribution >= 4 is 46.5 Å². The molecule has 35 heavy (non-hydrogen) atoms. The number of morpholine rings is 1. The number of ether oxygens (including phenoxy) is 1. The molecule has 2 aliphatic heterocycles. The maximum absolute atomic E-state index is 6.35. The average molecular weight is 515 g/mol. The van der Waals surface area contributed by atoms with Crippen molar-refractivity contribution in [1.82, 2.24) is 15.3 Å². The fourth-order valence-corrected chi connectivity index (χ4v) is 5.90. The highest BCUT2D eigenvalue weighted by Gasteiger charge is 2.34. The van der Waals surface area contributed by atoms with E-state index in [2.05, 4.69) is 44.7 Å². The van der Waals surface area contributed by atoms with Crippen LogP contribution in [0.25, 0.3) is 0 Å². The van der Waals surface area contributed by atoms with Crippen LogP contribution >= 0.6 is 23.8 Å². The zero-order chi connectivity index (χ0) is 24.1. The quantitative estimate of drug-likeness (QED) is 0.535. The number of rotatable bonds is 6. The van der Waals surface area contributed by atoms with E-state index in [0.29, 0.717) is 11.1 Å². The highest BCUT2D eigenvalue weighted by molar-refractivity contribution is 7.80. The summed E-state index contributed by atoms with van der Waals surface area (Å²) in [7, 11) is 0. The van der Waals surface area contributed by atoms with Gasteiger partial charge in [0.15, 0.2) is 5.11 Å². The first-order valence-electron chi connectivity index (χ1n) is 12.9. The van der Waals surface area contributed by atoms with Gasteiger partial charge in [0, 0.05) is 49.2 Å². The van der Waals surface area contributed by atoms with Crippen molar-refractivity contribution in [2.24, 2.45) is 0 Å². The van der Waals surface area contributed by atoms with Crippen molar-refractivity contribution in [2.75, 3.05) is 61.1 Å². The van der Waals surface area contributed by atoms with E-state index in [0.717, 1.165) is 75.4 Å². The van der Waals surface area contributed by atoms with Gasteiger partial charge in [-0.3, -0.25) is 0 Å². The van der Waals surface area contributed by atoms with E-state index >= 15 is 0 Å². The van der Waals surface area contributed by atoms with Crippen LogP contribution in [0.4, 0.5) is 17.6 Å². The third-order valence-electron chi connectivity index (χ3n) is 7.52. The molecular formula is C26H35ClN6OS. The molecule has 3 aliphatic rings. The molecule has 0 radical (unpaired) electrons. The predicted octanol–water partition coefficient (Wildman–Crippen LogP) is 4.76. The minimum absolute atomic E-state index is 0.0338. The first-order valence-corrected chi connectivity index (χ1v) is 13.7. The summed E-state index contributed by atoms with van der Waals surface area (Å²) in [6.07, 6.45) is 8.38. The number of benzene rings is 1. The van der Waals surface area contributed by atoms with E-state index < -0.39 is 0 Å². The van der Waals surface area contributed by atoms with Crippen molar-refractivity contribution in [2.45, 2.75) is 50.4 Å². The Kier molecular flexibility index (Phi) is 7.90. The van der Waals surface area contributed by atoms with Gasteiger partial charge in [-0.1, -0.05) is 43.0 Å². The lowest BCUT2D eigenvalue weighted by Gasteiger charge is -2.38. The first-order chi connectivity index (χ1) is 17.1. The molecule has 0 atom stereocenters. The molecular weight excluding hydrogens is 480 g/mol. The predicted molar refractivity (Wildman–Crippen MR) is 147 cm³/mol. The number of aromatic nitrogens is 2. The zero-order valence-electron chi connectivity index (χ0n) is 20.3. The van der Waals surface area contributed by atoms with Gasteiger partial charge in [0.1, 0.15) is 11.6 Å². The highest BCUT2D eigenvalue weighted by atomic mass is 35.5. The largest absolute Gasteiger partial charge is 0.378 e. The maximum Gasteiger partial charge on any atom is 0.232 e. The van der Waals surface area contributed by atoms with Crippen molar-refractivity contribution in [3.63, 3.8) is 0 Å². The third-order valence-corrected chi connectivity index (χ3v) is 8.01. The van der Waals surface area contributed by atoms with Gasteiger partial charge in [-0.05, 0) is 55.6 Å². The molecule has 2 saturated heterocycles. The Morgan fingerprint density at radius 1 is 0.943 bits per heavy atom. The molecule has 188 valence electrons. The monoisotopic (exact) mass is 514 g/mol. The molecule has 2 aromatic rings. The molecule has 0 unspecified atom stereocenters. The average Bonchev–Trinajstić information content (AvgIpc) is 3.44. The number of halogens is 1. The van der Waals surface area contributed by atoms with Crippen LogP contribution in [0.1, 0.15) is 50.5 Å². The second-order valence-corrected chi connectivity index (χ2v) is 10.7. The Morgan fingerprint density at radius 3 is 2.31 bits per heavy atom. The van der Waals surface area contributed by atoms with Crippen molar-refractivity contribution < 1.29 is 4.74 Å². The summed E-state index contributed by atoms with van der Waals surface area (Å²) in [6.45, 7) is 5.94. The smallest absolute Gasteiger partial charge is 0.232 e. The molecule has 1 aliphatic carbocycles. The number of anilines is 3. The lowest BCUT2D eigenvalue weighted by molar-refractivity contribution is 0.122. The Morgan fingerprint density at radius 2 is 1.63 bits per heavy atom. The van der Waals surface area contributed by atoms with Crippen LogP contribution in [-0.4, -0.2) is 61.0 Å². The van der Waals surface area contributed by atoms with Gasteiger partial charge in [-0.25, -0.2) is 0 Å². The highest BCUT2D eigenvalue weighted by Crippen LogP contribution is 2.39. The zero-order valence-corrected chi connectivity index (χ0v) is 21.8. The fourth-order valence-electron chi connectivity index (χ4n) is 5.55. The van der Waals surface area contributed by atoms with E-state index in [-0.39, 0.29) is 5.41 Å². The van der Waals surface area contributed by atoms with Gasteiger partial charge in [-0.15, -0.1) is 0 Å². The summed E-state index contributed by atoms with van der Waals surface area (Å²) in [5.74, 6) is 2.44. The van der Waals surface area contributed by atoms with Gasteiger partial charge in [0.05, 0.1) is 13.2 Å². The van der Waals surface area contributed by atoms with Gasteiger partial charge < -0.3 is 25.2 Å². The molecule has 2 N–H and O–H groups in total. The van der Waals surface area contributed by atoms with Crippen LogP contribution in [0, 0.1) is 0 Å². The second-order valence-electron chi connectivity index (χ2n) is 9.86. The summed E-state index contributed by atoms with van der Waals surface area (Å²) < 4.78 is 5.54. The topological polar surface area (TPSA) is 65.6 Å². The number of nitrogens with zero attached hydrogens (tertiary/aromatic N) is 4. The number of hydrogen-bond donors (Lipinski definition) is 2. The molecule has 1 aromatic heterocycles. The Balaban J connectivity index is 1.31. The van der Waals surface area contributed by atoms with E-state index in [1.807, 2.05) is 6.07 Å². The number of hydrogen-bond acceptors (Lipinski definition) is 6. The standard InChI is InChI=1S/C26H35ClN6OS/c27-21-8-6-7-20(17-21)26(9-2-1-3-10-26)19-28-25(35)31-24-29-22(32-11-4-5-12-32)18-23(30-24)33-13-15-34-16-14-33/h6-8,17-18H,1-5,9-16,19H2,(H2,28,29,30,31,35). The number of nitrogens with one attached hydrogen (secondary N) is 2. The molecule has 0 amide bonds. The van der Waals surface area contributed by atoms with Crippen molar-refractivity contribution in [3.05, 3.63) is 40.9 Å². The van der Waals surface area contributed by atoms with E-state index in [9.17, 15) is 0 Å². The van der Waals surface area contributed by atoms with Crippen LogP contribution in [-0.2, 0) is 10.2 Å². The third kappa shape index (κ3) is 5.98. The van der Waals surface area contributed by atoms with E-state index in [1.165, 1.54) is 37.7 Å². The van der Waals surface area contributed by atoms with Crippen molar-refractivity contribution in [1.29, 1.82) is 0 Å². The first kappa shape index (κ1) is 24.5. The van der Waals surface area contributed by atoms with Gasteiger partial charge in [0.2, 0.25) is 5.95 Å². The normalized spacial score (nSPS) is 20.0. The number of thiocarbonyl (C=S) groups is 1. The summed E-state index contributed by atoms with van der Waals surface area (Å²) in [5.41, 5.74) is 1.33. The van der Waals surface area contributed by atoms with E-state index in [1.54, 1.807) is 0 Å². The van der Waals surface area contributed by atoms with Crippen LogP contribution in [0.15, 0.2) is 30.3 Å². The van der Waals surface area contributed by atoms with Crippen LogP contribution < -0.4 is 20.4 Å². The summed E-state index contributed by atoms with van der Waals surface area (Å²) >= 11 is 12.1. The van der Waals surface area contributed by atoms with Gasteiger partial charge in [-0.2, -0.15) is 9.97 Å². The molecule has 0 bridgehead atoms. The minimum atomic E-state index is 0.0338. The van der Waals surface area contributed by atoms with Crippen LogP contribution in [0.5, 0.6) is 0 Å². The Hall–Kier alpha value is -2.16. The molecule has 7 nitrogen and oxygen atoms in total. The summed E-state index contributed by atoms with van der Waals surface area (Å²) in [4.78, 5) is 14.3. The SMILES string of the molecule is S=C(NCC1(c2cccc(Cl)c2)CCCCC1)Nc1nc(N2CCCC2)cc(N2CCOCC2)n1. The molecule has 9 heteroatoms. The molecule has 5 rings (SSSR count). The second kappa shape index (κ2) is 11.3. The van der Waals surface area contributed by atoms with Gasteiger partial charge >= 0.3 is 0 Å². The lowest BCUT2D eigenvalue weighted by atomic mass is 9.69.